The second kappa shape index (κ2) is 7.68. The number of ether oxygens (including phenoxy) is 1. The van der Waals surface area contributed by atoms with Gasteiger partial charge in [-0.15, -0.1) is 0 Å². The number of rotatable bonds is 6. The van der Waals surface area contributed by atoms with Crippen molar-refractivity contribution in [2.45, 2.75) is 33.8 Å². The summed E-state index contributed by atoms with van der Waals surface area (Å²) < 4.78 is 5.63. The summed E-state index contributed by atoms with van der Waals surface area (Å²) in [7, 11) is 0. The largest absolute Gasteiger partial charge is 0.491 e. The Morgan fingerprint density at radius 3 is 2.61 bits per heavy atom. The molecule has 122 valence electrons. The van der Waals surface area contributed by atoms with E-state index in [1.54, 1.807) is 0 Å². The van der Waals surface area contributed by atoms with Crippen LogP contribution in [0.3, 0.4) is 0 Å². The maximum atomic E-state index is 12.1. The third-order valence-electron chi connectivity index (χ3n) is 3.53. The standard InChI is InChI=1S/C19H24N2O2/c1-13(2)23-17-9-6-8-16(11-17)21-19(22)12-20-18-10-5-7-14(3)15(18)4/h5-11,13,20H,12H2,1-4H3,(H,21,22). The summed E-state index contributed by atoms with van der Waals surface area (Å²) in [6.07, 6.45) is 0.104. The number of carbonyl (C=O) groups is 1. The summed E-state index contributed by atoms with van der Waals surface area (Å²) in [4.78, 5) is 12.1. The highest BCUT2D eigenvalue weighted by molar-refractivity contribution is 5.94. The van der Waals surface area contributed by atoms with Gasteiger partial charge in [-0.1, -0.05) is 18.2 Å². The Balaban J connectivity index is 1.93. The van der Waals surface area contributed by atoms with Crippen molar-refractivity contribution >= 4 is 17.3 Å². The van der Waals surface area contributed by atoms with E-state index in [1.165, 1.54) is 5.56 Å². The molecule has 0 saturated heterocycles. The van der Waals surface area contributed by atoms with Crippen molar-refractivity contribution in [1.82, 2.24) is 0 Å². The summed E-state index contributed by atoms with van der Waals surface area (Å²) >= 11 is 0. The lowest BCUT2D eigenvalue weighted by molar-refractivity contribution is -0.114. The quantitative estimate of drug-likeness (QED) is 0.843. The molecule has 0 aliphatic rings. The van der Waals surface area contributed by atoms with Crippen molar-refractivity contribution in [2.75, 3.05) is 17.2 Å². The first kappa shape index (κ1) is 16.9. The highest BCUT2D eigenvalue weighted by Gasteiger charge is 2.06. The molecule has 1 amide bonds. The van der Waals surface area contributed by atoms with Gasteiger partial charge in [0.25, 0.3) is 0 Å². The molecule has 23 heavy (non-hydrogen) atoms. The van der Waals surface area contributed by atoms with Gasteiger partial charge in [0.15, 0.2) is 0 Å². The van der Waals surface area contributed by atoms with Crippen LogP contribution in [0.2, 0.25) is 0 Å². The highest BCUT2D eigenvalue weighted by atomic mass is 16.5. The van der Waals surface area contributed by atoms with Gasteiger partial charge in [0, 0.05) is 17.4 Å². The first-order chi connectivity index (χ1) is 11.0. The van der Waals surface area contributed by atoms with E-state index in [1.807, 2.05) is 57.2 Å². The zero-order valence-electron chi connectivity index (χ0n) is 14.1. The molecule has 2 N–H and O–H groups in total. The summed E-state index contributed by atoms with van der Waals surface area (Å²) in [6.45, 7) is 8.27. The summed E-state index contributed by atoms with van der Waals surface area (Å²) in [5.41, 5.74) is 4.08. The van der Waals surface area contributed by atoms with Crippen molar-refractivity contribution in [3.63, 3.8) is 0 Å². The van der Waals surface area contributed by atoms with Crippen molar-refractivity contribution in [2.24, 2.45) is 0 Å². The lowest BCUT2D eigenvalue weighted by Crippen LogP contribution is -2.22. The number of amides is 1. The van der Waals surface area contributed by atoms with Crippen LogP contribution in [0.1, 0.15) is 25.0 Å². The molecule has 2 rings (SSSR count). The molecule has 0 aliphatic carbocycles. The molecule has 0 aliphatic heterocycles. The van der Waals surface area contributed by atoms with Crippen LogP contribution in [0.15, 0.2) is 42.5 Å². The monoisotopic (exact) mass is 312 g/mol. The average Bonchev–Trinajstić information content (AvgIpc) is 2.48. The Bertz CT molecular complexity index is 681. The average molecular weight is 312 g/mol. The van der Waals surface area contributed by atoms with E-state index in [0.29, 0.717) is 0 Å². The molecule has 0 atom stereocenters. The van der Waals surface area contributed by atoms with Gasteiger partial charge in [0.05, 0.1) is 12.6 Å². The Hall–Kier alpha value is -2.49. The van der Waals surface area contributed by atoms with Crippen LogP contribution < -0.4 is 15.4 Å². The first-order valence-electron chi connectivity index (χ1n) is 7.82. The number of hydrogen-bond donors (Lipinski definition) is 2. The molecule has 2 aromatic rings. The fourth-order valence-corrected chi connectivity index (χ4v) is 2.24. The fourth-order valence-electron chi connectivity index (χ4n) is 2.24. The van der Waals surface area contributed by atoms with Crippen molar-refractivity contribution < 1.29 is 9.53 Å². The van der Waals surface area contributed by atoms with Crippen LogP contribution in [0.25, 0.3) is 0 Å². The second-order valence-corrected chi connectivity index (χ2v) is 5.84. The molecule has 4 nitrogen and oxygen atoms in total. The molecular formula is C19H24N2O2. The highest BCUT2D eigenvalue weighted by Crippen LogP contribution is 2.19. The van der Waals surface area contributed by atoms with E-state index in [9.17, 15) is 4.79 Å². The molecule has 2 aromatic carbocycles. The molecular weight excluding hydrogens is 288 g/mol. The van der Waals surface area contributed by atoms with E-state index >= 15 is 0 Å². The van der Waals surface area contributed by atoms with Gasteiger partial charge in [0.1, 0.15) is 5.75 Å². The third-order valence-corrected chi connectivity index (χ3v) is 3.53. The molecule has 4 heteroatoms. The third kappa shape index (κ3) is 5.02. The topological polar surface area (TPSA) is 50.4 Å². The number of anilines is 2. The van der Waals surface area contributed by atoms with Crippen molar-refractivity contribution in [3.05, 3.63) is 53.6 Å². The van der Waals surface area contributed by atoms with Crippen molar-refractivity contribution in [3.8, 4) is 5.75 Å². The van der Waals surface area contributed by atoms with Gasteiger partial charge < -0.3 is 15.4 Å². The lowest BCUT2D eigenvalue weighted by atomic mass is 10.1. The van der Waals surface area contributed by atoms with E-state index in [4.69, 9.17) is 4.74 Å². The maximum absolute atomic E-state index is 12.1. The first-order valence-corrected chi connectivity index (χ1v) is 7.82. The molecule has 0 unspecified atom stereocenters. The van der Waals surface area contributed by atoms with Crippen molar-refractivity contribution in [1.29, 1.82) is 0 Å². The number of aryl methyl sites for hydroxylation is 1. The number of carbonyl (C=O) groups excluding carboxylic acids is 1. The van der Waals surface area contributed by atoms with Crippen LogP contribution in [0.4, 0.5) is 11.4 Å². The zero-order chi connectivity index (χ0) is 16.8. The molecule has 0 spiro atoms. The maximum Gasteiger partial charge on any atom is 0.243 e. The number of nitrogens with one attached hydrogen (secondary N) is 2. The number of hydrogen-bond acceptors (Lipinski definition) is 3. The predicted molar refractivity (Wildman–Crippen MR) is 95.2 cm³/mol. The summed E-state index contributed by atoms with van der Waals surface area (Å²) in [5.74, 6) is 0.660. The van der Waals surface area contributed by atoms with E-state index in [2.05, 4.69) is 23.6 Å². The fraction of sp³-hybridized carbons (Fsp3) is 0.316. The Labute approximate surface area is 137 Å². The Morgan fingerprint density at radius 2 is 1.87 bits per heavy atom. The molecule has 0 aromatic heterocycles. The minimum absolute atomic E-state index is 0.0902. The van der Waals surface area contributed by atoms with Gasteiger partial charge >= 0.3 is 0 Å². The summed E-state index contributed by atoms with van der Waals surface area (Å²) in [5, 5.41) is 6.06. The second-order valence-electron chi connectivity index (χ2n) is 5.84. The minimum Gasteiger partial charge on any atom is -0.491 e. The number of benzene rings is 2. The minimum atomic E-state index is -0.0902. The van der Waals surface area contributed by atoms with E-state index in [-0.39, 0.29) is 18.6 Å². The predicted octanol–water partition coefficient (Wildman–Crippen LogP) is 4.14. The van der Waals surface area contributed by atoms with E-state index < -0.39 is 0 Å². The van der Waals surface area contributed by atoms with Gasteiger partial charge in [-0.2, -0.15) is 0 Å². The molecule has 0 radical (unpaired) electrons. The van der Waals surface area contributed by atoms with Crippen LogP contribution in [0, 0.1) is 13.8 Å². The van der Waals surface area contributed by atoms with E-state index in [0.717, 1.165) is 22.7 Å². The molecule has 0 fully saturated rings. The molecule has 0 saturated carbocycles. The van der Waals surface area contributed by atoms with Crippen LogP contribution in [-0.2, 0) is 4.79 Å². The van der Waals surface area contributed by atoms with Crippen LogP contribution in [0.5, 0.6) is 5.75 Å². The van der Waals surface area contributed by atoms with Gasteiger partial charge in [0.2, 0.25) is 5.91 Å². The summed E-state index contributed by atoms with van der Waals surface area (Å²) in [6, 6.07) is 13.4. The van der Waals surface area contributed by atoms with Crippen LogP contribution in [-0.4, -0.2) is 18.6 Å². The van der Waals surface area contributed by atoms with Crippen LogP contribution >= 0.6 is 0 Å². The zero-order valence-corrected chi connectivity index (χ0v) is 14.1. The van der Waals surface area contributed by atoms with Gasteiger partial charge in [-0.05, 0) is 57.0 Å². The lowest BCUT2D eigenvalue weighted by Gasteiger charge is -2.13. The smallest absolute Gasteiger partial charge is 0.243 e. The normalized spacial score (nSPS) is 10.5. The Kier molecular flexibility index (Phi) is 5.63. The Morgan fingerprint density at radius 1 is 1.13 bits per heavy atom. The SMILES string of the molecule is Cc1cccc(NCC(=O)Nc2cccc(OC(C)C)c2)c1C. The van der Waals surface area contributed by atoms with Gasteiger partial charge in [-0.25, -0.2) is 0 Å². The molecule has 0 bridgehead atoms. The molecule has 0 heterocycles. The van der Waals surface area contributed by atoms with Gasteiger partial charge in [-0.3, -0.25) is 4.79 Å².